The molecule has 10 heteroatoms. The zero-order valence-corrected chi connectivity index (χ0v) is 21.8. The number of piperidine rings is 1. The van der Waals surface area contributed by atoms with Gasteiger partial charge in [0.2, 0.25) is 0 Å². The zero-order chi connectivity index (χ0) is 26.8. The maximum absolute atomic E-state index is 14.2. The van der Waals surface area contributed by atoms with Crippen LogP contribution in [-0.4, -0.2) is 55.5 Å². The topological polar surface area (TPSA) is 89.4 Å². The summed E-state index contributed by atoms with van der Waals surface area (Å²) in [4.78, 5) is 12.8. The minimum absolute atomic E-state index is 0.104. The number of methoxy groups -OCH3 is 2. The van der Waals surface area contributed by atoms with E-state index < -0.39 is 12.5 Å². The van der Waals surface area contributed by atoms with Gasteiger partial charge in [0.15, 0.2) is 11.5 Å². The standard InChI is InChI=1S/C28H33F2N5O3/c1-16-12-18(28(36)32-19-8-10-31-11-9-19)4-6-20(16)22-15-26-33-21(14-23(27(29)30)35(26)34-22)17-5-7-24(37-2)25(13-17)38-3/h4-7,12-13,15,19,21,23,27,31,33H,8-11,14H2,1-3H3,(H,32,36). The monoisotopic (exact) mass is 525 g/mol. The van der Waals surface area contributed by atoms with Crippen LogP contribution < -0.4 is 25.4 Å². The summed E-state index contributed by atoms with van der Waals surface area (Å²) in [5.74, 6) is 1.53. The highest BCUT2D eigenvalue weighted by molar-refractivity contribution is 5.95. The molecule has 38 heavy (non-hydrogen) atoms. The van der Waals surface area contributed by atoms with Gasteiger partial charge in [-0.1, -0.05) is 12.1 Å². The third-order valence-electron chi connectivity index (χ3n) is 7.39. The number of aryl methyl sites for hydroxylation is 1. The Kier molecular flexibility index (Phi) is 7.51. The number of aromatic nitrogens is 2. The van der Waals surface area contributed by atoms with Crippen LogP contribution in [0.5, 0.6) is 11.5 Å². The third kappa shape index (κ3) is 5.18. The van der Waals surface area contributed by atoms with Crippen molar-refractivity contribution in [2.24, 2.45) is 0 Å². The summed E-state index contributed by atoms with van der Waals surface area (Å²) in [6.07, 6.45) is -0.610. The van der Waals surface area contributed by atoms with Crippen LogP contribution >= 0.6 is 0 Å². The van der Waals surface area contributed by atoms with Crippen LogP contribution in [0.4, 0.5) is 14.6 Å². The van der Waals surface area contributed by atoms with Gasteiger partial charge in [0.25, 0.3) is 12.3 Å². The zero-order valence-electron chi connectivity index (χ0n) is 21.8. The van der Waals surface area contributed by atoms with Crippen molar-refractivity contribution in [2.45, 2.75) is 50.7 Å². The number of rotatable bonds is 7. The number of nitrogens with one attached hydrogen (secondary N) is 3. The number of ether oxygens (including phenoxy) is 2. The average Bonchev–Trinajstić information content (AvgIpc) is 3.36. The van der Waals surface area contributed by atoms with E-state index in [0.29, 0.717) is 28.6 Å². The molecule has 1 aromatic heterocycles. The van der Waals surface area contributed by atoms with Gasteiger partial charge < -0.3 is 25.4 Å². The molecular formula is C28H33F2N5O3. The van der Waals surface area contributed by atoms with Crippen LogP contribution in [0.25, 0.3) is 11.3 Å². The predicted molar refractivity (Wildman–Crippen MR) is 141 cm³/mol. The van der Waals surface area contributed by atoms with Gasteiger partial charge in [0, 0.05) is 23.2 Å². The fraction of sp³-hybridized carbons (Fsp3) is 0.429. The Morgan fingerprint density at radius 3 is 2.53 bits per heavy atom. The molecule has 0 spiro atoms. The third-order valence-corrected chi connectivity index (χ3v) is 7.39. The molecule has 0 saturated carbocycles. The summed E-state index contributed by atoms with van der Waals surface area (Å²) < 4.78 is 40.5. The van der Waals surface area contributed by atoms with Gasteiger partial charge in [-0.3, -0.25) is 4.79 Å². The number of fused-ring (bicyclic) bond motifs is 1. The molecule has 1 amide bonds. The molecule has 1 fully saturated rings. The molecule has 0 radical (unpaired) electrons. The summed E-state index contributed by atoms with van der Waals surface area (Å²) in [5.41, 5.74) is 3.62. The fourth-order valence-corrected chi connectivity index (χ4v) is 5.29. The Bertz CT molecular complexity index is 1310. The molecule has 0 aliphatic carbocycles. The molecule has 5 rings (SSSR count). The number of benzene rings is 2. The molecule has 2 aliphatic rings. The van der Waals surface area contributed by atoms with Crippen LogP contribution in [0.15, 0.2) is 42.5 Å². The number of alkyl halides is 2. The van der Waals surface area contributed by atoms with E-state index in [1.165, 1.54) is 4.68 Å². The number of anilines is 1. The van der Waals surface area contributed by atoms with Crippen molar-refractivity contribution in [3.63, 3.8) is 0 Å². The van der Waals surface area contributed by atoms with E-state index in [1.807, 2.05) is 31.2 Å². The van der Waals surface area contributed by atoms with E-state index in [9.17, 15) is 13.6 Å². The summed E-state index contributed by atoms with van der Waals surface area (Å²) in [5, 5.41) is 14.3. The van der Waals surface area contributed by atoms with Crippen LogP contribution in [0.1, 0.15) is 52.8 Å². The van der Waals surface area contributed by atoms with E-state index in [-0.39, 0.29) is 24.4 Å². The van der Waals surface area contributed by atoms with Gasteiger partial charge in [0.05, 0.1) is 26.0 Å². The van der Waals surface area contributed by atoms with Gasteiger partial charge in [-0.15, -0.1) is 0 Å². The Hall–Kier alpha value is -3.66. The molecule has 8 nitrogen and oxygen atoms in total. The lowest BCUT2D eigenvalue weighted by Gasteiger charge is -2.32. The number of hydrogen-bond donors (Lipinski definition) is 3. The first-order chi connectivity index (χ1) is 18.4. The molecule has 0 bridgehead atoms. The normalized spacial score (nSPS) is 19.5. The van der Waals surface area contributed by atoms with Gasteiger partial charge in [0.1, 0.15) is 11.9 Å². The Balaban J connectivity index is 1.40. The maximum Gasteiger partial charge on any atom is 0.260 e. The molecule has 1 saturated heterocycles. The van der Waals surface area contributed by atoms with Crippen molar-refractivity contribution in [3.8, 4) is 22.8 Å². The highest BCUT2D eigenvalue weighted by Crippen LogP contribution is 2.41. The first-order valence-corrected chi connectivity index (χ1v) is 12.9. The fourth-order valence-electron chi connectivity index (χ4n) is 5.29. The molecule has 3 N–H and O–H groups in total. The summed E-state index contributed by atoms with van der Waals surface area (Å²) >= 11 is 0. The first kappa shape index (κ1) is 26.0. The molecule has 2 unspecified atom stereocenters. The SMILES string of the molecule is COc1ccc(C2CC(C(F)F)n3nc(-c4ccc(C(=O)NC5CCNCC5)cc4C)cc3N2)cc1OC. The number of hydrogen-bond acceptors (Lipinski definition) is 6. The lowest BCUT2D eigenvalue weighted by atomic mass is 9.97. The van der Waals surface area contributed by atoms with E-state index in [1.54, 1.807) is 32.4 Å². The number of amides is 1. The second kappa shape index (κ2) is 11.0. The van der Waals surface area contributed by atoms with Crippen LogP contribution in [0.3, 0.4) is 0 Å². The second-order valence-electron chi connectivity index (χ2n) is 9.84. The van der Waals surface area contributed by atoms with Crippen molar-refractivity contribution in [2.75, 3.05) is 32.6 Å². The number of carbonyl (C=O) groups is 1. The molecule has 3 aromatic rings. The number of nitrogens with zero attached hydrogens (tertiary/aromatic N) is 2. The highest BCUT2D eigenvalue weighted by atomic mass is 19.3. The Morgan fingerprint density at radius 2 is 1.84 bits per heavy atom. The molecular weight excluding hydrogens is 492 g/mol. The first-order valence-electron chi connectivity index (χ1n) is 12.9. The van der Waals surface area contributed by atoms with Crippen LogP contribution in [-0.2, 0) is 0 Å². The molecule has 2 atom stereocenters. The van der Waals surface area contributed by atoms with E-state index in [4.69, 9.17) is 9.47 Å². The molecule has 202 valence electrons. The summed E-state index contributed by atoms with van der Waals surface area (Å²) in [6.45, 7) is 3.70. The van der Waals surface area contributed by atoms with Crippen molar-refractivity contribution in [1.82, 2.24) is 20.4 Å². The smallest absolute Gasteiger partial charge is 0.260 e. The van der Waals surface area contributed by atoms with E-state index >= 15 is 0 Å². The van der Waals surface area contributed by atoms with Gasteiger partial charge in [-0.05, 0) is 74.7 Å². The summed E-state index contributed by atoms with van der Waals surface area (Å²) in [6, 6.07) is 11.4. The minimum atomic E-state index is -2.59. The molecule has 2 aliphatic heterocycles. The van der Waals surface area contributed by atoms with Crippen LogP contribution in [0.2, 0.25) is 0 Å². The molecule has 3 heterocycles. The number of carbonyl (C=O) groups excluding carboxylic acids is 1. The van der Waals surface area contributed by atoms with Crippen molar-refractivity contribution >= 4 is 11.7 Å². The van der Waals surface area contributed by atoms with Crippen LogP contribution in [0, 0.1) is 6.92 Å². The average molecular weight is 526 g/mol. The van der Waals surface area contributed by atoms with Gasteiger partial charge in [-0.25, -0.2) is 13.5 Å². The molecule has 2 aromatic carbocycles. The Morgan fingerprint density at radius 1 is 1.08 bits per heavy atom. The van der Waals surface area contributed by atoms with Crippen molar-refractivity contribution < 1.29 is 23.0 Å². The lowest BCUT2D eigenvalue weighted by molar-refractivity contribution is 0.0659. The predicted octanol–water partition coefficient (Wildman–Crippen LogP) is 4.72. The summed E-state index contributed by atoms with van der Waals surface area (Å²) in [7, 11) is 3.10. The maximum atomic E-state index is 14.2. The lowest BCUT2D eigenvalue weighted by Crippen LogP contribution is -2.42. The van der Waals surface area contributed by atoms with Gasteiger partial charge >= 0.3 is 0 Å². The minimum Gasteiger partial charge on any atom is -0.493 e. The van der Waals surface area contributed by atoms with Crippen molar-refractivity contribution in [3.05, 3.63) is 59.2 Å². The second-order valence-corrected chi connectivity index (χ2v) is 9.84. The van der Waals surface area contributed by atoms with Gasteiger partial charge in [-0.2, -0.15) is 5.10 Å². The van der Waals surface area contributed by atoms with E-state index in [0.717, 1.165) is 42.6 Å². The number of halogens is 2. The highest BCUT2D eigenvalue weighted by Gasteiger charge is 2.35. The quantitative estimate of drug-likeness (QED) is 0.414. The Labute approximate surface area is 220 Å². The van der Waals surface area contributed by atoms with E-state index in [2.05, 4.69) is 21.0 Å². The van der Waals surface area contributed by atoms with Crippen molar-refractivity contribution in [1.29, 1.82) is 0 Å². The largest absolute Gasteiger partial charge is 0.493 e.